The van der Waals surface area contributed by atoms with Crippen LogP contribution in [0, 0.1) is 6.92 Å². The maximum atomic E-state index is 12.7. The molecule has 1 aliphatic heterocycles. The van der Waals surface area contributed by atoms with Crippen molar-refractivity contribution in [2.45, 2.75) is 30.7 Å². The van der Waals surface area contributed by atoms with Crippen molar-refractivity contribution in [1.82, 2.24) is 9.62 Å². The van der Waals surface area contributed by atoms with Gasteiger partial charge in [0.2, 0.25) is 10.0 Å². The Kier molecular flexibility index (Phi) is 5.79. The highest BCUT2D eigenvalue weighted by molar-refractivity contribution is 7.89. The third-order valence-electron chi connectivity index (χ3n) is 4.72. The van der Waals surface area contributed by atoms with E-state index in [4.69, 9.17) is 11.6 Å². The molecular formula is C19H23ClN2O2S. The van der Waals surface area contributed by atoms with E-state index in [1.165, 1.54) is 17.2 Å². The summed E-state index contributed by atoms with van der Waals surface area (Å²) in [5.41, 5.74) is 2.35. The van der Waals surface area contributed by atoms with E-state index >= 15 is 0 Å². The fourth-order valence-corrected chi connectivity index (χ4v) is 4.93. The number of benzene rings is 2. The summed E-state index contributed by atoms with van der Waals surface area (Å²) < 4.78 is 28.1. The second-order valence-electron chi connectivity index (χ2n) is 6.40. The molecule has 0 saturated carbocycles. The molecule has 0 aromatic heterocycles. The lowest BCUT2D eigenvalue weighted by molar-refractivity contribution is 0.246. The molecule has 1 fully saturated rings. The van der Waals surface area contributed by atoms with E-state index in [1.807, 2.05) is 12.1 Å². The maximum Gasteiger partial charge on any atom is 0.242 e. The second kappa shape index (κ2) is 7.87. The average Bonchev–Trinajstić information content (AvgIpc) is 3.11. The Morgan fingerprint density at radius 2 is 1.72 bits per heavy atom. The first-order chi connectivity index (χ1) is 12.0. The molecule has 1 saturated heterocycles. The Morgan fingerprint density at radius 1 is 1.08 bits per heavy atom. The summed E-state index contributed by atoms with van der Waals surface area (Å²) in [6.45, 7) is 4.39. The molecule has 1 unspecified atom stereocenters. The second-order valence-corrected chi connectivity index (χ2v) is 8.54. The van der Waals surface area contributed by atoms with Crippen molar-refractivity contribution >= 4 is 21.6 Å². The van der Waals surface area contributed by atoms with Crippen molar-refractivity contribution in [3.8, 4) is 0 Å². The molecule has 0 amide bonds. The van der Waals surface area contributed by atoms with Gasteiger partial charge in [0.05, 0.1) is 5.02 Å². The van der Waals surface area contributed by atoms with E-state index in [9.17, 15) is 8.42 Å². The molecule has 0 bridgehead atoms. The minimum Gasteiger partial charge on any atom is -0.295 e. The Morgan fingerprint density at radius 3 is 2.40 bits per heavy atom. The van der Waals surface area contributed by atoms with Crippen LogP contribution in [-0.4, -0.2) is 33.0 Å². The van der Waals surface area contributed by atoms with Gasteiger partial charge in [-0.05, 0) is 56.1 Å². The molecule has 0 radical (unpaired) electrons. The molecule has 2 aromatic carbocycles. The molecule has 134 valence electrons. The van der Waals surface area contributed by atoms with Gasteiger partial charge in [-0.3, -0.25) is 4.90 Å². The quantitative estimate of drug-likeness (QED) is 0.832. The SMILES string of the molecule is Cc1ccccc1C(CNS(=O)(=O)c1ccccc1Cl)N1CCCC1. The van der Waals surface area contributed by atoms with Crippen molar-refractivity contribution < 1.29 is 8.42 Å². The third kappa shape index (κ3) is 4.23. The van der Waals surface area contributed by atoms with Gasteiger partial charge in [0.25, 0.3) is 0 Å². The zero-order chi connectivity index (χ0) is 17.9. The van der Waals surface area contributed by atoms with Crippen LogP contribution in [0.1, 0.15) is 30.0 Å². The summed E-state index contributed by atoms with van der Waals surface area (Å²) in [6.07, 6.45) is 2.30. The summed E-state index contributed by atoms with van der Waals surface area (Å²) in [7, 11) is -3.65. The minimum atomic E-state index is -3.65. The van der Waals surface area contributed by atoms with Gasteiger partial charge in [0.1, 0.15) is 4.90 Å². The molecular weight excluding hydrogens is 356 g/mol. The number of rotatable bonds is 6. The molecule has 6 heteroatoms. The smallest absolute Gasteiger partial charge is 0.242 e. The van der Waals surface area contributed by atoms with Gasteiger partial charge >= 0.3 is 0 Å². The molecule has 1 N–H and O–H groups in total. The average molecular weight is 379 g/mol. The summed E-state index contributed by atoms with van der Waals surface area (Å²) in [6, 6.07) is 14.7. The molecule has 1 heterocycles. The molecule has 4 nitrogen and oxygen atoms in total. The molecule has 3 rings (SSSR count). The third-order valence-corrected chi connectivity index (χ3v) is 6.65. The Labute approximate surface area is 154 Å². The van der Waals surface area contributed by atoms with Crippen molar-refractivity contribution in [3.05, 3.63) is 64.7 Å². The van der Waals surface area contributed by atoms with Gasteiger partial charge < -0.3 is 0 Å². The van der Waals surface area contributed by atoms with Gasteiger partial charge in [-0.15, -0.1) is 0 Å². The van der Waals surface area contributed by atoms with Crippen LogP contribution < -0.4 is 4.72 Å². The fourth-order valence-electron chi connectivity index (χ4n) is 3.38. The molecule has 0 aliphatic carbocycles. The summed E-state index contributed by atoms with van der Waals surface area (Å²) in [5.74, 6) is 0. The van der Waals surface area contributed by atoms with Crippen LogP contribution in [0.3, 0.4) is 0 Å². The zero-order valence-corrected chi connectivity index (χ0v) is 15.9. The highest BCUT2D eigenvalue weighted by Gasteiger charge is 2.27. The summed E-state index contributed by atoms with van der Waals surface area (Å²) in [4.78, 5) is 2.49. The van der Waals surface area contributed by atoms with Crippen LogP contribution in [0.5, 0.6) is 0 Å². The van der Waals surface area contributed by atoms with E-state index in [1.54, 1.807) is 18.2 Å². The lowest BCUT2D eigenvalue weighted by Gasteiger charge is -2.29. The number of nitrogens with one attached hydrogen (secondary N) is 1. The van der Waals surface area contributed by atoms with Crippen molar-refractivity contribution in [1.29, 1.82) is 0 Å². The van der Waals surface area contributed by atoms with Gasteiger partial charge in [0, 0.05) is 12.6 Å². The molecule has 25 heavy (non-hydrogen) atoms. The number of nitrogens with zero attached hydrogens (tertiary/aromatic N) is 1. The van der Waals surface area contributed by atoms with E-state index < -0.39 is 10.0 Å². The minimum absolute atomic E-state index is 0.0287. The fraction of sp³-hybridized carbons (Fsp3) is 0.368. The first-order valence-electron chi connectivity index (χ1n) is 8.53. The maximum absolute atomic E-state index is 12.7. The number of sulfonamides is 1. The molecule has 1 aliphatic rings. The number of hydrogen-bond donors (Lipinski definition) is 1. The lowest BCUT2D eigenvalue weighted by atomic mass is 10.0. The van der Waals surface area contributed by atoms with E-state index in [0.717, 1.165) is 25.9 Å². The lowest BCUT2D eigenvalue weighted by Crippen LogP contribution is -2.37. The topological polar surface area (TPSA) is 49.4 Å². The number of likely N-dealkylation sites (tertiary alicyclic amines) is 1. The highest BCUT2D eigenvalue weighted by Crippen LogP contribution is 2.28. The highest BCUT2D eigenvalue weighted by atomic mass is 35.5. The van der Waals surface area contributed by atoms with Gasteiger partial charge in [-0.1, -0.05) is 48.0 Å². The summed E-state index contributed by atoms with van der Waals surface area (Å²) in [5, 5.41) is 0.239. The van der Waals surface area contributed by atoms with Crippen molar-refractivity contribution in [3.63, 3.8) is 0 Å². The van der Waals surface area contributed by atoms with Crippen LogP contribution in [0.25, 0.3) is 0 Å². The zero-order valence-electron chi connectivity index (χ0n) is 14.3. The Bertz CT molecular complexity index is 833. The first-order valence-corrected chi connectivity index (χ1v) is 10.4. The first kappa shape index (κ1) is 18.4. The van der Waals surface area contributed by atoms with E-state index in [0.29, 0.717) is 6.54 Å². The van der Waals surface area contributed by atoms with Gasteiger partial charge in [-0.25, -0.2) is 13.1 Å². The molecule has 0 spiro atoms. The van der Waals surface area contributed by atoms with E-state index in [2.05, 4.69) is 28.7 Å². The normalized spacial score (nSPS) is 16.9. The largest absolute Gasteiger partial charge is 0.295 e. The predicted molar refractivity (Wildman–Crippen MR) is 101 cm³/mol. The summed E-state index contributed by atoms with van der Waals surface area (Å²) >= 11 is 6.06. The van der Waals surface area contributed by atoms with E-state index in [-0.39, 0.29) is 16.0 Å². The van der Waals surface area contributed by atoms with Crippen LogP contribution >= 0.6 is 11.6 Å². The predicted octanol–water partition coefficient (Wildman–Crippen LogP) is 3.76. The monoisotopic (exact) mass is 378 g/mol. The number of halogens is 1. The number of aryl methyl sites for hydroxylation is 1. The van der Waals surface area contributed by atoms with Crippen LogP contribution in [-0.2, 0) is 10.0 Å². The Hall–Kier alpha value is -1.40. The van der Waals surface area contributed by atoms with Crippen molar-refractivity contribution in [2.24, 2.45) is 0 Å². The molecule has 2 aromatic rings. The van der Waals surface area contributed by atoms with Gasteiger partial charge in [-0.2, -0.15) is 0 Å². The standard InChI is InChI=1S/C19H23ClN2O2S/c1-15-8-2-3-9-16(15)18(22-12-6-7-13-22)14-21-25(23,24)19-11-5-4-10-17(19)20/h2-5,8-11,18,21H,6-7,12-14H2,1H3. The number of hydrogen-bond acceptors (Lipinski definition) is 3. The van der Waals surface area contributed by atoms with Gasteiger partial charge in [0.15, 0.2) is 0 Å². The van der Waals surface area contributed by atoms with Crippen LogP contribution in [0.4, 0.5) is 0 Å². The van der Waals surface area contributed by atoms with Crippen LogP contribution in [0.15, 0.2) is 53.4 Å². The molecule has 1 atom stereocenters. The van der Waals surface area contributed by atoms with Crippen molar-refractivity contribution in [2.75, 3.05) is 19.6 Å². The van der Waals surface area contributed by atoms with Crippen LogP contribution in [0.2, 0.25) is 5.02 Å². The Balaban J connectivity index is 1.84.